The second-order valence-corrected chi connectivity index (χ2v) is 4.74. The third kappa shape index (κ3) is 6.43. The Morgan fingerprint density at radius 1 is 1.40 bits per heavy atom. The van der Waals surface area contributed by atoms with Gasteiger partial charge in [0, 0.05) is 39.5 Å². The van der Waals surface area contributed by atoms with Crippen molar-refractivity contribution in [3.63, 3.8) is 0 Å². The molecule has 0 saturated carbocycles. The molecule has 0 aliphatic rings. The molecule has 0 unspecified atom stereocenters. The summed E-state index contributed by atoms with van der Waals surface area (Å²) in [5.74, 6) is 0.483. The number of hydrogen-bond donors (Lipinski definition) is 2. The summed E-state index contributed by atoms with van der Waals surface area (Å²) in [6.45, 7) is 4.87. The fourth-order valence-electron chi connectivity index (χ4n) is 1.70. The maximum Gasteiger partial charge on any atom is 0.188 e. The second kappa shape index (κ2) is 9.20. The predicted molar refractivity (Wildman–Crippen MR) is 85.2 cm³/mol. The minimum Gasteiger partial charge on any atom is -0.382 e. The van der Waals surface area contributed by atoms with Crippen LogP contribution in [-0.4, -0.2) is 39.8 Å². The van der Waals surface area contributed by atoms with Gasteiger partial charge in [0.2, 0.25) is 0 Å². The Morgan fingerprint density at radius 2 is 2.20 bits per heavy atom. The highest BCUT2D eigenvalue weighted by Crippen LogP contribution is 2.13. The lowest BCUT2D eigenvalue weighted by Gasteiger charge is -2.13. The molecule has 0 aliphatic heterocycles. The van der Waals surface area contributed by atoms with E-state index in [1.807, 2.05) is 27.1 Å². The fourth-order valence-corrected chi connectivity index (χ4v) is 1.70. The number of guanidine groups is 1. The van der Waals surface area contributed by atoms with Crippen molar-refractivity contribution in [3.05, 3.63) is 29.8 Å². The van der Waals surface area contributed by atoms with E-state index in [0.717, 1.165) is 31.7 Å². The maximum atomic E-state index is 5.82. The molecule has 0 bridgehead atoms. The lowest BCUT2D eigenvalue weighted by molar-refractivity contribution is 0.145. The van der Waals surface area contributed by atoms with Gasteiger partial charge >= 0.3 is 0 Å². The average molecular weight is 278 g/mol. The first-order chi connectivity index (χ1) is 9.63. The van der Waals surface area contributed by atoms with E-state index >= 15 is 0 Å². The first kappa shape index (κ1) is 16.3. The standard InChI is InChI=1S/C15H26N4O/c1-4-20-10-6-9-17-15(16)18-12-13-7-5-8-14(11-13)19(2)3/h5,7-8,11H,4,6,9-10,12H2,1-3H3,(H3,16,17,18). The first-order valence-corrected chi connectivity index (χ1v) is 7.01. The fraction of sp³-hybridized carbons (Fsp3) is 0.533. The van der Waals surface area contributed by atoms with Crippen LogP contribution < -0.4 is 16.0 Å². The Hall–Kier alpha value is -1.75. The number of nitrogens with two attached hydrogens (primary N) is 1. The molecule has 0 fully saturated rings. The molecule has 0 aromatic heterocycles. The molecule has 0 atom stereocenters. The van der Waals surface area contributed by atoms with Crippen LogP contribution in [0.15, 0.2) is 29.3 Å². The molecule has 5 heteroatoms. The molecular formula is C15H26N4O. The molecule has 0 amide bonds. The zero-order chi connectivity index (χ0) is 14.8. The molecule has 3 N–H and O–H groups in total. The summed E-state index contributed by atoms with van der Waals surface area (Å²) in [5.41, 5.74) is 8.14. The molecule has 5 nitrogen and oxygen atoms in total. The molecule has 0 aliphatic carbocycles. The van der Waals surface area contributed by atoms with Crippen molar-refractivity contribution in [2.45, 2.75) is 19.9 Å². The third-order valence-corrected chi connectivity index (χ3v) is 2.83. The summed E-state index contributed by atoms with van der Waals surface area (Å²) in [6.07, 6.45) is 0.931. The number of nitrogens with one attached hydrogen (secondary N) is 1. The van der Waals surface area contributed by atoms with Crippen molar-refractivity contribution < 1.29 is 4.74 Å². The van der Waals surface area contributed by atoms with Gasteiger partial charge < -0.3 is 20.7 Å². The van der Waals surface area contributed by atoms with Crippen molar-refractivity contribution in [1.29, 1.82) is 0 Å². The van der Waals surface area contributed by atoms with Crippen LogP contribution in [0, 0.1) is 0 Å². The Morgan fingerprint density at radius 3 is 2.90 bits per heavy atom. The van der Waals surface area contributed by atoms with Crippen LogP contribution >= 0.6 is 0 Å². The van der Waals surface area contributed by atoms with E-state index in [1.165, 1.54) is 5.69 Å². The van der Waals surface area contributed by atoms with E-state index < -0.39 is 0 Å². The minimum atomic E-state index is 0.483. The van der Waals surface area contributed by atoms with E-state index in [9.17, 15) is 0 Å². The summed E-state index contributed by atoms with van der Waals surface area (Å²) in [6, 6.07) is 8.28. The van der Waals surface area contributed by atoms with Crippen LogP contribution in [0.25, 0.3) is 0 Å². The highest BCUT2D eigenvalue weighted by Gasteiger charge is 1.98. The smallest absolute Gasteiger partial charge is 0.188 e. The summed E-state index contributed by atoms with van der Waals surface area (Å²) in [4.78, 5) is 6.41. The highest BCUT2D eigenvalue weighted by molar-refractivity contribution is 5.77. The van der Waals surface area contributed by atoms with Crippen molar-refractivity contribution in [3.8, 4) is 0 Å². The van der Waals surface area contributed by atoms with Gasteiger partial charge in [-0.2, -0.15) is 0 Å². The molecule has 1 aromatic carbocycles. The topological polar surface area (TPSA) is 62.9 Å². The summed E-state index contributed by atoms with van der Waals surface area (Å²) in [5, 5.41) is 3.09. The predicted octanol–water partition coefficient (Wildman–Crippen LogP) is 1.58. The Bertz CT molecular complexity index is 418. The molecule has 0 saturated heterocycles. The van der Waals surface area contributed by atoms with Crippen LogP contribution in [0.1, 0.15) is 18.9 Å². The molecule has 1 rings (SSSR count). The van der Waals surface area contributed by atoms with Crippen LogP contribution in [0.3, 0.4) is 0 Å². The molecule has 0 heterocycles. The third-order valence-electron chi connectivity index (χ3n) is 2.83. The highest BCUT2D eigenvalue weighted by atomic mass is 16.5. The number of anilines is 1. The van der Waals surface area contributed by atoms with Gasteiger partial charge in [0.25, 0.3) is 0 Å². The maximum absolute atomic E-state index is 5.82. The lowest BCUT2D eigenvalue weighted by Crippen LogP contribution is -2.32. The van der Waals surface area contributed by atoms with Crippen molar-refractivity contribution >= 4 is 11.6 Å². The van der Waals surface area contributed by atoms with Gasteiger partial charge in [0.15, 0.2) is 5.96 Å². The largest absolute Gasteiger partial charge is 0.382 e. The van der Waals surface area contributed by atoms with Crippen LogP contribution in [-0.2, 0) is 11.3 Å². The summed E-state index contributed by atoms with van der Waals surface area (Å²) in [7, 11) is 4.05. The number of ether oxygens (including phenoxy) is 1. The quantitative estimate of drug-likeness (QED) is 0.430. The van der Waals surface area contributed by atoms with Crippen LogP contribution in [0.4, 0.5) is 5.69 Å². The van der Waals surface area contributed by atoms with E-state index in [0.29, 0.717) is 12.5 Å². The lowest BCUT2D eigenvalue weighted by atomic mass is 10.2. The van der Waals surface area contributed by atoms with Gasteiger partial charge in [-0.1, -0.05) is 12.1 Å². The minimum absolute atomic E-state index is 0.483. The van der Waals surface area contributed by atoms with E-state index in [2.05, 4.69) is 33.4 Å². The first-order valence-electron chi connectivity index (χ1n) is 7.01. The summed E-state index contributed by atoms with van der Waals surface area (Å²) >= 11 is 0. The van der Waals surface area contributed by atoms with Crippen molar-refractivity contribution in [2.24, 2.45) is 10.7 Å². The molecule has 112 valence electrons. The van der Waals surface area contributed by atoms with E-state index in [1.54, 1.807) is 0 Å². The van der Waals surface area contributed by atoms with Gasteiger partial charge in [-0.05, 0) is 31.0 Å². The monoisotopic (exact) mass is 278 g/mol. The van der Waals surface area contributed by atoms with Gasteiger partial charge in [0.05, 0.1) is 6.54 Å². The van der Waals surface area contributed by atoms with E-state index in [4.69, 9.17) is 10.5 Å². The second-order valence-electron chi connectivity index (χ2n) is 4.74. The van der Waals surface area contributed by atoms with Gasteiger partial charge in [-0.15, -0.1) is 0 Å². The normalized spacial score (nSPS) is 11.4. The summed E-state index contributed by atoms with van der Waals surface area (Å²) < 4.78 is 5.25. The van der Waals surface area contributed by atoms with Crippen LogP contribution in [0.2, 0.25) is 0 Å². The molecule has 0 spiro atoms. The van der Waals surface area contributed by atoms with Gasteiger partial charge in [-0.25, -0.2) is 4.99 Å². The Labute approximate surface area is 121 Å². The van der Waals surface area contributed by atoms with Crippen LogP contribution in [0.5, 0.6) is 0 Å². The average Bonchev–Trinajstić information content (AvgIpc) is 2.45. The number of rotatable bonds is 8. The van der Waals surface area contributed by atoms with E-state index in [-0.39, 0.29) is 0 Å². The number of aliphatic imine (C=N–C) groups is 1. The molecule has 0 radical (unpaired) electrons. The SMILES string of the molecule is CCOCCCNC(N)=NCc1cccc(N(C)C)c1. The Balaban J connectivity index is 2.36. The molecule has 1 aromatic rings. The zero-order valence-electron chi connectivity index (χ0n) is 12.7. The Kier molecular flexibility index (Phi) is 7.50. The van der Waals surface area contributed by atoms with Crippen molar-refractivity contribution in [2.75, 3.05) is 38.8 Å². The van der Waals surface area contributed by atoms with Gasteiger partial charge in [-0.3, -0.25) is 0 Å². The molecular weight excluding hydrogens is 252 g/mol. The number of benzene rings is 1. The van der Waals surface area contributed by atoms with Gasteiger partial charge in [0.1, 0.15) is 0 Å². The number of hydrogen-bond acceptors (Lipinski definition) is 3. The molecule has 20 heavy (non-hydrogen) atoms. The zero-order valence-corrected chi connectivity index (χ0v) is 12.7. The number of nitrogens with zero attached hydrogens (tertiary/aromatic N) is 2. The van der Waals surface area contributed by atoms with Crippen molar-refractivity contribution in [1.82, 2.24) is 5.32 Å².